The number of carbonyl (C=O) groups excluding carboxylic acids is 2. The lowest BCUT2D eigenvalue weighted by Gasteiger charge is -2.09. The van der Waals surface area contributed by atoms with Crippen LogP contribution in [0.25, 0.3) is 0 Å². The topological polar surface area (TPSA) is 64.6 Å². The molecule has 0 saturated heterocycles. The molecular weight excluding hydrogens is 210 g/mol. The molecule has 16 heavy (non-hydrogen) atoms. The first-order chi connectivity index (χ1) is 7.52. The van der Waals surface area contributed by atoms with Crippen molar-refractivity contribution in [3.05, 3.63) is 11.3 Å². The van der Waals surface area contributed by atoms with Gasteiger partial charge in [0.05, 0.1) is 18.8 Å². The van der Waals surface area contributed by atoms with Crippen LogP contribution in [0.2, 0.25) is 0 Å². The number of ether oxygens (including phenoxy) is 2. The van der Waals surface area contributed by atoms with E-state index in [4.69, 9.17) is 9.47 Å². The summed E-state index contributed by atoms with van der Waals surface area (Å²) in [6.07, 6.45) is 0. The van der Waals surface area contributed by atoms with Gasteiger partial charge in [-0.3, -0.25) is 4.79 Å². The van der Waals surface area contributed by atoms with Crippen LogP contribution in [0.1, 0.15) is 27.7 Å². The van der Waals surface area contributed by atoms with E-state index in [1.165, 1.54) is 0 Å². The highest BCUT2D eigenvalue weighted by Crippen LogP contribution is 2.02. The first-order valence-electron chi connectivity index (χ1n) is 5.27. The summed E-state index contributed by atoms with van der Waals surface area (Å²) < 4.78 is 9.57. The minimum atomic E-state index is -0.378. The van der Waals surface area contributed by atoms with E-state index in [1.54, 1.807) is 27.7 Å². The number of esters is 2. The largest absolute Gasteiger partial charge is 0.465 e. The van der Waals surface area contributed by atoms with Gasteiger partial charge in [0.1, 0.15) is 6.54 Å². The molecule has 0 aliphatic carbocycles. The lowest BCUT2D eigenvalue weighted by Crippen LogP contribution is -2.25. The Morgan fingerprint density at radius 2 is 1.62 bits per heavy atom. The van der Waals surface area contributed by atoms with E-state index in [9.17, 15) is 9.59 Å². The monoisotopic (exact) mass is 229 g/mol. The van der Waals surface area contributed by atoms with E-state index < -0.39 is 0 Å². The van der Waals surface area contributed by atoms with Crippen LogP contribution in [0, 0.1) is 0 Å². The Hall–Kier alpha value is -1.52. The summed E-state index contributed by atoms with van der Waals surface area (Å²) in [6, 6.07) is 0. The van der Waals surface area contributed by atoms with Crippen molar-refractivity contribution in [1.29, 1.82) is 0 Å². The average Bonchev–Trinajstić information content (AvgIpc) is 2.25. The first kappa shape index (κ1) is 14.5. The lowest BCUT2D eigenvalue weighted by atomic mass is 10.2. The van der Waals surface area contributed by atoms with Crippen LogP contribution in [0.5, 0.6) is 0 Å². The Kier molecular flexibility index (Phi) is 7.00. The molecule has 0 fully saturated rings. The maximum absolute atomic E-state index is 11.3. The van der Waals surface area contributed by atoms with Crippen molar-refractivity contribution in [2.24, 2.45) is 0 Å². The van der Waals surface area contributed by atoms with Gasteiger partial charge in [0, 0.05) is 5.70 Å². The summed E-state index contributed by atoms with van der Waals surface area (Å²) >= 11 is 0. The van der Waals surface area contributed by atoms with Crippen LogP contribution in [-0.2, 0) is 19.1 Å². The van der Waals surface area contributed by atoms with Crippen molar-refractivity contribution in [3.63, 3.8) is 0 Å². The molecule has 0 heterocycles. The van der Waals surface area contributed by atoms with Crippen molar-refractivity contribution >= 4 is 11.9 Å². The van der Waals surface area contributed by atoms with Gasteiger partial charge in [0.25, 0.3) is 0 Å². The Morgan fingerprint density at radius 3 is 2.12 bits per heavy atom. The van der Waals surface area contributed by atoms with Gasteiger partial charge in [-0.1, -0.05) is 0 Å². The van der Waals surface area contributed by atoms with Crippen LogP contribution < -0.4 is 5.32 Å². The van der Waals surface area contributed by atoms with Gasteiger partial charge < -0.3 is 14.8 Å². The molecule has 1 N–H and O–H groups in total. The van der Waals surface area contributed by atoms with E-state index in [0.717, 1.165) is 0 Å². The van der Waals surface area contributed by atoms with Crippen molar-refractivity contribution in [2.45, 2.75) is 27.7 Å². The van der Waals surface area contributed by atoms with Crippen molar-refractivity contribution in [3.8, 4) is 0 Å². The van der Waals surface area contributed by atoms with Crippen molar-refractivity contribution in [1.82, 2.24) is 5.32 Å². The zero-order chi connectivity index (χ0) is 12.6. The highest BCUT2D eigenvalue weighted by atomic mass is 16.5. The lowest BCUT2D eigenvalue weighted by molar-refractivity contribution is -0.142. The van der Waals surface area contributed by atoms with Gasteiger partial charge in [-0.2, -0.15) is 0 Å². The smallest absolute Gasteiger partial charge is 0.335 e. The van der Waals surface area contributed by atoms with Gasteiger partial charge in [-0.05, 0) is 27.7 Å². The van der Waals surface area contributed by atoms with Crippen molar-refractivity contribution < 1.29 is 19.1 Å². The maximum Gasteiger partial charge on any atom is 0.335 e. The number of hydrogen-bond donors (Lipinski definition) is 1. The second-order valence-electron chi connectivity index (χ2n) is 3.13. The van der Waals surface area contributed by atoms with Crippen LogP contribution in [0.3, 0.4) is 0 Å². The molecule has 0 aromatic heterocycles. The summed E-state index contributed by atoms with van der Waals surface area (Å²) in [5, 5.41) is 2.81. The Morgan fingerprint density at radius 1 is 1.06 bits per heavy atom. The molecule has 0 radical (unpaired) electrons. The normalized spacial score (nSPS) is 11.5. The van der Waals surface area contributed by atoms with Crippen LogP contribution in [0.15, 0.2) is 11.3 Å². The zero-order valence-electron chi connectivity index (χ0n) is 10.3. The van der Waals surface area contributed by atoms with E-state index in [1.807, 2.05) is 0 Å². The fraction of sp³-hybridized carbons (Fsp3) is 0.636. The minimum absolute atomic E-state index is 0.0520. The molecule has 0 unspecified atom stereocenters. The van der Waals surface area contributed by atoms with E-state index in [2.05, 4.69) is 5.32 Å². The molecule has 0 amide bonds. The number of rotatable bonds is 6. The third kappa shape index (κ3) is 5.38. The van der Waals surface area contributed by atoms with Crippen LogP contribution >= 0.6 is 0 Å². The summed E-state index contributed by atoms with van der Waals surface area (Å²) in [4.78, 5) is 22.4. The predicted molar refractivity (Wildman–Crippen MR) is 59.6 cm³/mol. The van der Waals surface area contributed by atoms with E-state index >= 15 is 0 Å². The van der Waals surface area contributed by atoms with Gasteiger partial charge in [-0.15, -0.1) is 0 Å². The van der Waals surface area contributed by atoms with Crippen LogP contribution in [-0.4, -0.2) is 31.7 Å². The molecule has 0 atom stereocenters. The first-order valence-corrected chi connectivity index (χ1v) is 5.27. The van der Waals surface area contributed by atoms with Gasteiger partial charge in [0.2, 0.25) is 0 Å². The molecule has 0 rings (SSSR count). The standard InChI is InChI=1S/C11H19NO4/c1-5-15-10(13)7-12-9(4)8(3)11(14)16-6-2/h12H,5-7H2,1-4H3/b9-8-. The summed E-state index contributed by atoms with van der Waals surface area (Å²) in [5.74, 6) is -0.727. The molecule has 0 aliphatic rings. The molecular formula is C11H19NO4. The van der Waals surface area contributed by atoms with Gasteiger partial charge in [0.15, 0.2) is 0 Å². The molecule has 0 saturated carbocycles. The second kappa shape index (κ2) is 7.73. The summed E-state index contributed by atoms with van der Waals surface area (Å²) in [6.45, 7) is 7.58. The highest BCUT2D eigenvalue weighted by Gasteiger charge is 2.09. The summed E-state index contributed by atoms with van der Waals surface area (Å²) in [7, 11) is 0. The maximum atomic E-state index is 11.3. The number of hydrogen-bond acceptors (Lipinski definition) is 5. The van der Waals surface area contributed by atoms with Crippen LogP contribution in [0.4, 0.5) is 0 Å². The minimum Gasteiger partial charge on any atom is -0.465 e. The third-order valence-electron chi connectivity index (χ3n) is 1.95. The Bertz CT molecular complexity index is 284. The Balaban J connectivity index is 4.21. The molecule has 0 spiro atoms. The highest BCUT2D eigenvalue weighted by molar-refractivity contribution is 5.88. The quantitative estimate of drug-likeness (QED) is 0.543. The van der Waals surface area contributed by atoms with E-state index in [0.29, 0.717) is 24.5 Å². The zero-order valence-corrected chi connectivity index (χ0v) is 10.3. The van der Waals surface area contributed by atoms with Crippen molar-refractivity contribution in [2.75, 3.05) is 19.8 Å². The molecule has 5 nitrogen and oxygen atoms in total. The molecule has 5 heteroatoms. The fourth-order valence-corrected chi connectivity index (χ4v) is 0.942. The fourth-order valence-electron chi connectivity index (χ4n) is 0.942. The molecule has 0 aromatic carbocycles. The average molecular weight is 229 g/mol. The molecule has 92 valence electrons. The number of allylic oxidation sites excluding steroid dienone is 1. The second-order valence-corrected chi connectivity index (χ2v) is 3.13. The van der Waals surface area contributed by atoms with E-state index in [-0.39, 0.29) is 18.5 Å². The SMILES string of the molecule is CCOC(=O)CN/C(C)=C(/C)C(=O)OCC. The third-order valence-corrected chi connectivity index (χ3v) is 1.95. The van der Waals surface area contributed by atoms with Gasteiger partial charge >= 0.3 is 11.9 Å². The molecule has 0 bridgehead atoms. The molecule has 0 aromatic rings. The van der Waals surface area contributed by atoms with Gasteiger partial charge in [-0.25, -0.2) is 4.79 Å². The Labute approximate surface area is 95.8 Å². The molecule has 0 aliphatic heterocycles. The summed E-state index contributed by atoms with van der Waals surface area (Å²) in [5.41, 5.74) is 1.08. The number of nitrogens with one attached hydrogen (secondary N) is 1. The predicted octanol–water partition coefficient (Wildman–Crippen LogP) is 0.996. The number of carbonyl (C=O) groups is 2.